The molecule has 124 valence electrons. The minimum atomic E-state index is -0.188. The fourth-order valence-corrected chi connectivity index (χ4v) is 2.46. The number of benzene rings is 2. The van der Waals surface area contributed by atoms with Gasteiger partial charge >= 0.3 is 0 Å². The maximum absolute atomic E-state index is 12.1. The van der Waals surface area contributed by atoms with Gasteiger partial charge in [0.15, 0.2) is 11.5 Å². The van der Waals surface area contributed by atoms with Crippen LogP contribution in [0.5, 0.6) is 11.5 Å². The summed E-state index contributed by atoms with van der Waals surface area (Å²) in [7, 11) is 1.57. The summed E-state index contributed by atoms with van der Waals surface area (Å²) >= 11 is 0. The van der Waals surface area contributed by atoms with Gasteiger partial charge in [-0.05, 0) is 42.3 Å². The quantitative estimate of drug-likeness (QED) is 0.884. The van der Waals surface area contributed by atoms with Gasteiger partial charge < -0.3 is 20.1 Å². The van der Waals surface area contributed by atoms with Gasteiger partial charge in [-0.2, -0.15) is 0 Å². The van der Waals surface area contributed by atoms with Gasteiger partial charge in [0.1, 0.15) is 0 Å². The van der Waals surface area contributed by atoms with Crippen LogP contribution in [0.2, 0.25) is 0 Å². The second-order valence-corrected chi connectivity index (χ2v) is 5.40. The zero-order chi connectivity index (χ0) is 16.9. The lowest BCUT2D eigenvalue weighted by Gasteiger charge is -2.07. The van der Waals surface area contributed by atoms with E-state index in [2.05, 4.69) is 10.6 Å². The van der Waals surface area contributed by atoms with Crippen LogP contribution in [0.4, 0.5) is 5.69 Å². The van der Waals surface area contributed by atoms with Gasteiger partial charge in [0.05, 0.1) is 0 Å². The molecule has 2 aromatic rings. The smallest absolute Gasteiger partial charge is 0.251 e. The molecular weight excluding hydrogens is 308 g/mol. The third-order valence-corrected chi connectivity index (χ3v) is 3.71. The molecule has 3 rings (SSSR count). The van der Waals surface area contributed by atoms with Crippen LogP contribution in [0, 0.1) is 0 Å². The lowest BCUT2D eigenvalue weighted by molar-refractivity contribution is -0.116. The molecule has 1 aliphatic rings. The average molecular weight is 326 g/mol. The van der Waals surface area contributed by atoms with Crippen LogP contribution in [0.1, 0.15) is 22.3 Å². The van der Waals surface area contributed by atoms with Crippen LogP contribution < -0.4 is 20.1 Å². The first-order valence-electron chi connectivity index (χ1n) is 7.66. The number of carbonyl (C=O) groups excluding carboxylic acids is 2. The Bertz CT molecular complexity index is 773. The van der Waals surface area contributed by atoms with Crippen LogP contribution in [0.25, 0.3) is 0 Å². The van der Waals surface area contributed by atoms with E-state index in [9.17, 15) is 9.59 Å². The highest BCUT2D eigenvalue weighted by molar-refractivity contribution is 5.97. The Morgan fingerprint density at radius 1 is 1.08 bits per heavy atom. The zero-order valence-electron chi connectivity index (χ0n) is 13.3. The van der Waals surface area contributed by atoms with Crippen LogP contribution >= 0.6 is 0 Å². The van der Waals surface area contributed by atoms with E-state index in [0.29, 0.717) is 29.8 Å². The molecule has 0 atom stereocenters. The number of carbonyl (C=O) groups is 2. The molecular formula is C18H18N2O4. The van der Waals surface area contributed by atoms with Crippen molar-refractivity contribution in [1.29, 1.82) is 0 Å². The first-order chi connectivity index (χ1) is 11.7. The summed E-state index contributed by atoms with van der Waals surface area (Å²) in [5, 5.41) is 5.36. The van der Waals surface area contributed by atoms with Crippen molar-refractivity contribution in [3.8, 4) is 11.5 Å². The Kier molecular flexibility index (Phi) is 4.65. The van der Waals surface area contributed by atoms with Gasteiger partial charge in [0.25, 0.3) is 5.91 Å². The molecule has 0 spiro atoms. The number of fused-ring (bicyclic) bond motifs is 1. The molecule has 0 fully saturated rings. The predicted octanol–water partition coefficient (Wildman–Crippen LogP) is 2.35. The summed E-state index contributed by atoms with van der Waals surface area (Å²) in [5.41, 5.74) is 2.12. The van der Waals surface area contributed by atoms with Crippen LogP contribution in [-0.2, 0) is 11.2 Å². The highest BCUT2D eigenvalue weighted by Crippen LogP contribution is 2.32. The Balaban J connectivity index is 1.57. The van der Waals surface area contributed by atoms with Crippen molar-refractivity contribution in [1.82, 2.24) is 5.32 Å². The average Bonchev–Trinajstić information content (AvgIpc) is 3.07. The minimum absolute atomic E-state index is 0.110. The van der Waals surface area contributed by atoms with Crippen molar-refractivity contribution in [2.75, 3.05) is 19.2 Å². The summed E-state index contributed by atoms with van der Waals surface area (Å²) in [6.07, 6.45) is 0.932. The van der Waals surface area contributed by atoms with E-state index >= 15 is 0 Å². The van der Waals surface area contributed by atoms with Crippen molar-refractivity contribution in [3.05, 3.63) is 53.6 Å². The van der Waals surface area contributed by atoms with E-state index in [-0.39, 0.29) is 18.6 Å². The van der Waals surface area contributed by atoms with E-state index in [1.165, 1.54) is 0 Å². The summed E-state index contributed by atoms with van der Waals surface area (Å²) in [6.45, 7) is 0.237. The standard InChI is InChI=1S/C18H18N2O4/c1-19-18(22)13-3-2-4-14(10-13)20-17(21)8-6-12-5-7-15-16(9-12)24-11-23-15/h2-5,7,9-10H,6,8,11H2,1H3,(H,19,22)(H,20,21). The Labute approximate surface area is 139 Å². The number of ether oxygens (including phenoxy) is 2. The van der Waals surface area contributed by atoms with Crippen LogP contribution in [0.15, 0.2) is 42.5 Å². The largest absolute Gasteiger partial charge is 0.454 e. The second kappa shape index (κ2) is 7.04. The van der Waals surface area contributed by atoms with Crippen LogP contribution in [-0.4, -0.2) is 25.7 Å². The molecule has 24 heavy (non-hydrogen) atoms. The lowest BCUT2D eigenvalue weighted by atomic mass is 10.1. The first-order valence-corrected chi connectivity index (χ1v) is 7.66. The third kappa shape index (κ3) is 3.65. The Morgan fingerprint density at radius 3 is 2.75 bits per heavy atom. The molecule has 2 N–H and O–H groups in total. The van der Waals surface area contributed by atoms with E-state index in [1.54, 1.807) is 31.3 Å². The van der Waals surface area contributed by atoms with E-state index in [4.69, 9.17) is 9.47 Å². The first kappa shape index (κ1) is 15.9. The summed E-state index contributed by atoms with van der Waals surface area (Å²) in [5.74, 6) is 1.15. The van der Waals surface area contributed by atoms with Crippen molar-refractivity contribution in [3.63, 3.8) is 0 Å². The SMILES string of the molecule is CNC(=O)c1cccc(NC(=O)CCc2ccc3c(c2)OCO3)c1. The van der Waals surface area contributed by atoms with Gasteiger partial charge in [-0.15, -0.1) is 0 Å². The molecule has 6 nitrogen and oxygen atoms in total. The van der Waals surface area contributed by atoms with Crippen LogP contribution in [0.3, 0.4) is 0 Å². The number of rotatable bonds is 5. The number of amides is 2. The second-order valence-electron chi connectivity index (χ2n) is 5.40. The monoisotopic (exact) mass is 326 g/mol. The highest BCUT2D eigenvalue weighted by Gasteiger charge is 2.13. The maximum Gasteiger partial charge on any atom is 0.251 e. The number of hydrogen-bond acceptors (Lipinski definition) is 4. The van der Waals surface area contributed by atoms with Crippen molar-refractivity contribution in [2.24, 2.45) is 0 Å². The molecule has 0 saturated heterocycles. The highest BCUT2D eigenvalue weighted by atomic mass is 16.7. The lowest BCUT2D eigenvalue weighted by Crippen LogP contribution is -2.18. The molecule has 0 bridgehead atoms. The fraction of sp³-hybridized carbons (Fsp3) is 0.222. The zero-order valence-corrected chi connectivity index (χ0v) is 13.3. The number of anilines is 1. The minimum Gasteiger partial charge on any atom is -0.454 e. The van der Waals surface area contributed by atoms with Gasteiger partial charge in [-0.3, -0.25) is 9.59 Å². The molecule has 0 aromatic heterocycles. The number of aryl methyl sites for hydroxylation is 1. The molecule has 2 aromatic carbocycles. The van der Waals surface area contributed by atoms with E-state index < -0.39 is 0 Å². The molecule has 0 aliphatic carbocycles. The van der Waals surface area contributed by atoms with Crippen molar-refractivity contribution < 1.29 is 19.1 Å². The molecule has 0 unspecified atom stereocenters. The topological polar surface area (TPSA) is 76.7 Å². The number of hydrogen-bond donors (Lipinski definition) is 2. The van der Waals surface area contributed by atoms with Crippen molar-refractivity contribution in [2.45, 2.75) is 12.8 Å². The summed E-state index contributed by atoms with van der Waals surface area (Å²) < 4.78 is 10.6. The maximum atomic E-state index is 12.1. The molecule has 2 amide bonds. The number of nitrogens with one attached hydrogen (secondary N) is 2. The predicted molar refractivity (Wildman–Crippen MR) is 89.3 cm³/mol. The normalized spacial score (nSPS) is 11.9. The summed E-state index contributed by atoms with van der Waals surface area (Å²) in [4.78, 5) is 23.7. The molecule has 1 heterocycles. The Hall–Kier alpha value is -3.02. The van der Waals surface area contributed by atoms with Gasteiger partial charge in [0.2, 0.25) is 12.7 Å². The van der Waals surface area contributed by atoms with Gasteiger partial charge in [-0.1, -0.05) is 12.1 Å². The van der Waals surface area contributed by atoms with E-state index in [0.717, 1.165) is 11.3 Å². The van der Waals surface area contributed by atoms with Gasteiger partial charge in [-0.25, -0.2) is 0 Å². The van der Waals surface area contributed by atoms with Crippen molar-refractivity contribution >= 4 is 17.5 Å². The third-order valence-electron chi connectivity index (χ3n) is 3.71. The fourth-order valence-electron chi connectivity index (χ4n) is 2.46. The van der Waals surface area contributed by atoms with E-state index in [1.807, 2.05) is 18.2 Å². The molecule has 1 aliphatic heterocycles. The summed E-state index contributed by atoms with van der Waals surface area (Å²) in [6, 6.07) is 12.5. The molecule has 0 radical (unpaired) electrons. The van der Waals surface area contributed by atoms with Gasteiger partial charge in [0, 0.05) is 24.7 Å². The molecule has 0 saturated carbocycles. The Morgan fingerprint density at radius 2 is 1.92 bits per heavy atom. The molecule has 6 heteroatoms.